The number of nitrogens with two attached hydrogens (primary N) is 1. The fourth-order valence-electron chi connectivity index (χ4n) is 7.02. The van der Waals surface area contributed by atoms with Crippen LogP contribution in [0.4, 0.5) is 0 Å². The quantitative estimate of drug-likeness (QED) is 0.0232. The molecular formula is C54H96NO9P. The van der Waals surface area contributed by atoms with E-state index in [4.69, 9.17) is 29.4 Å². The Kier molecular flexibility index (Phi) is 47.4. The van der Waals surface area contributed by atoms with Gasteiger partial charge in [-0.25, -0.2) is 4.57 Å². The van der Waals surface area contributed by atoms with Gasteiger partial charge in [0.25, 0.3) is 0 Å². The Balaban J connectivity index is 4.21. The van der Waals surface area contributed by atoms with Crippen LogP contribution in [0.2, 0.25) is 0 Å². The molecule has 0 fully saturated rings. The number of unbranched alkanes of at least 4 members (excludes halogenated alkanes) is 23. The monoisotopic (exact) mass is 934 g/mol. The van der Waals surface area contributed by atoms with Crippen molar-refractivity contribution in [3.8, 4) is 0 Å². The van der Waals surface area contributed by atoms with E-state index in [1.807, 2.05) is 0 Å². The molecule has 65 heavy (non-hydrogen) atoms. The first kappa shape index (κ1) is 62.4. The third kappa shape index (κ3) is 49.1. The lowest BCUT2D eigenvalue weighted by Crippen LogP contribution is -2.34. The van der Waals surface area contributed by atoms with Crippen LogP contribution in [0.15, 0.2) is 72.9 Å². The van der Waals surface area contributed by atoms with Gasteiger partial charge in [-0.15, -0.1) is 0 Å². The topological polar surface area (TPSA) is 155 Å². The summed E-state index contributed by atoms with van der Waals surface area (Å²) in [4.78, 5) is 33.7. The van der Waals surface area contributed by atoms with E-state index in [2.05, 4.69) is 86.8 Å². The first-order valence-corrected chi connectivity index (χ1v) is 27.5. The molecular weight excluding hydrogens is 838 g/mol. The summed E-state index contributed by atoms with van der Waals surface area (Å²) < 4.78 is 33.5. The van der Waals surface area contributed by atoms with E-state index in [0.717, 1.165) is 70.6 Å². The van der Waals surface area contributed by atoms with E-state index in [0.29, 0.717) is 13.0 Å². The van der Waals surface area contributed by atoms with Gasteiger partial charge in [0.05, 0.1) is 19.8 Å². The summed E-state index contributed by atoms with van der Waals surface area (Å²) in [6.45, 7) is 3.74. The minimum Gasteiger partial charge on any atom is -0.480 e. The van der Waals surface area contributed by atoms with Gasteiger partial charge >= 0.3 is 19.8 Å². The third-order valence-corrected chi connectivity index (χ3v) is 12.0. The largest absolute Gasteiger partial charge is 0.480 e. The van der Waals surface area contributed by atoms with Gasteiger partial charge in [-0.3, -0.25) is 18.6 Å². The van der Waals surface area contributed by atoms with Crippen LogP contribution in [0.1, 0.15) is 219 Å². The summed E-state index contributed by atoms with van der Waals surface area (Å²) in [5.41, 5.74) is 5.37. The molecule has 0 aromatic rings. The van der Waals surface area contributed by atoms with Crippen LogP contribution in [0, 0.1) is 0 Å². The number of carboxylic acids is 1. The number of aliphatic carboxylic acids is 1. The Morgan fingerprint density at radius 3 is 1.31 bits per heavy atom. The van der Waals surface area contributed by atoms with E-state index in [1.54, 1.807) is 0 Å². The predicted molar refractivity (Wildman–Crippen MR) is 272 cm³/mol. The molecule has 0 saturated heterocycles. The van der Waals surface area contributed by atoms with Crippen LogP contribution < -0.4 is 5.73 Å². The molecule has 0 spiro atoms. The molecule has 3 atom stereocenters. The Morgan fingerprint density at radius 1 is 0.508 bits per heavy atom. The summed E-state index contributed by atoms with van der Waals surface area (Å²) >= 11 is 0. The number of allylic oxidation sites excluding steroid dienone is 12. The molecule has 376 valence electrons. The SMILES string of the molecule is CC/C=C\C/C=C\C/C=C\C/C=C\C/C=C\C/C=C\CCCCC(=O)OC(COCCCCCCCCCCCCCCCCCCCCCCCC)COP(=O)(O)OCC(N)C(=O)O. The fourth-order valence-corrected chi connectivity index (χ4v) is 7.80. The van der Waals surface area contributed by atoms with Gasteiger partial charge in [0.2, 0.25) is 0 Å². The molecule has 0 aliphatic carbocycles. The molecule has 11 heteroatoms. The maximum absolute atomic E-state index is 12.7. The lowest BCUT2D eigenvalue weighted by atomic mass is 10.0. The molecule has 0 aromatic heterocycles. The van der Waals surface area contributed by atoms with Crippen LogP contribution in [-0.2, 0) is 32.7 Å². The summed E-state index contributed by atoms with van der Waals surface area (Å²) in [7, 11) is -4.64. The second kappa shape index (κ2) is 49.3. The third-order valence-electron chi connectivity index (χ3n) is 11.0. The standard InChI is InChI=1S/C54H96NO9P/c1-3-5-7-9-11-13-15-17-19-21-23-25-27-29-31-33-35-37-39-41-43-45-47-61-48-51(49-62-65(59,60)63-50-52(55)54(57)58)64-53(56)46-44-42-40-38-36-34-32-30-28-26-24-22-20-18-16-14-12-10-8-6-4-2/h6,8,12,14,18,20,24,26,30,32,36,38,51-52H,3-5,7,9-11,13,15-17,19,21-23,25,27-29,31,33-35,37,39-50,55H2,1-2H3,(H,57,58)(H,59,60)/b8-6-,14-12-,20-18-,26-24-,32-30-,38-36-. The van der Waals surface area contributed by atoms with Gasteiger partial charge in [0.15, 0.2) is 0 Å². The number of hydrogen-bond donors (Lipinski definition) is 3. The minimum absolute atomic E-state index is 0.00181. The summed E-state index contributed by atoms with van der Waals surface area (Å²) in [6, 6.07) is -1.48. The number of esters is 1. The van der Waals surface area contributed by atoms with Crippen LogP contribution in [0.5, 0.6) is 0 Å². The van der Waals surface area contributed by atoms with Crippen LogP contribution in [0.3, 0.4) is 0 Å². The first-order chi connectivity index (χ1) is 31.7. The van der Waals surface area contributed by atoms with Crippen molar-refractivity contribution < 1.29 is 42.7 Å². The normalized spacial score (nSPS) is 14.3. The average molecular weight is 934 g/mol. The highest BCUT2D eigenvalue weighted by Crippen LogP contribution is 2.43. The van der Waals surface area contributed by atoms with Crippen molar-refractivity contribution in [3.05, 3.63) is 72.9 Å². The molecule has 10 nitrogen and oxygen atoms in total. The second-order valence-electron chi connectivity index (χ2n) is 17.3. The van der Waals surface area contributed by atoms with Crippen molar-refractivity contribution in [2.24, 2.45) is 5.73 Å². The maximum atomic E-state index is 12.7. The second-order valence-corrected chi connectivity index (χ2v) is 18.7. The number of carbonyl (C=O) groups excluding carboxylic acids is 1. The van der Waals surface area contributed by atoms with Gasteiger partial charge < -0.3 is 25.2 Å². The van der Waals surface area contributed by atoms with Gasteiger partial charge in [-0.2, -0.15) is 0 Å². The Bertz CT molecular complexity index is 1310. The van der Waals surface area contributed by atoms with Crippen LogP contribution in [0.25, 0.3) is 0 Å². The van der Waals surface area contributed by atoms with Gasteiger partial charge in [-0.05, 0) is 64.2 Å². The van der Waals surface area contributed by atoms with Crippen molar-refractivity contribution in [1.29, 1.82) is 0 Å². The number of rotatable bonds is 49. The van der Waals surface area contributed by atoms with E-state index in [9.17, 15) is 19.0 Å². The van der Waals surface area contributed by atoms with Crippen molar-refractivity contribution in [2.45, 2.75) is 231 Å². The summed E-state index contributed by atoms with van der Waals surface area (Å²) in [5.74, 6) is -1.82. The molecule has 4 N–H and O–H groups in total. The van der Waals surface area contributed by atoms with Gasteiger partial charge in [0, 0.05) is 13.0 Å². The Hall–Kier alpha value is -2.59. The molecule has 0 radical (unpaired) electrons. The van der Waals surface area contributed by atoms with E-state index >= 15 is 0 Å². The highest BCUT2D eigenvalue weighted by Gasteiger charge is 2.27. The zero-order valence-electron chi connectivity index (χ0n) is 41.3. The summed E-state index contributed by atoms with van der Waals surface area (Å²) in [6.07, 6.45) is 62.5. The minimum atomic E-state index is -4.64. The van der Waals surface area contributed by atoms with Crippen molar-refractivity contribution in [3.63, 3.8) is 0 Å². The molecule has 0 rings (SSSR count). The number of phosphoric acid groups is 1. The Labute approximate surface area is 397 Å². The molecule has 3 unspecified atom stereocenters. The lowest BCUT2D eigenvalue weighted by Gasteiger charge is -2.20. The zero-order chi connectivity index (χ0) is 47.6. The molecule has 0 aromatic carbocycles. The highest BCUT2D eigenvalue weighted by atomic mass is 31.2. The lowest BCUT2D eigenvalue weighted by molar-refractivity contribution is -0.154. The molecule has 0 amide bonds. The number of phosphoric ester groups is 1. The van der Waals surface area contributed by atoms with Gasteiger partial charge in [0.1, 0.15) is 12.1 Å². The summed E-state index contributed by atoms with van der Waals surface area (Å²) in [5, 5.41) is 8.93. The highest BCUT2D eigenvalue weighted by molar-refractivity contribution is 7.47. The molecule has 0 bridgehead atoms. The number of hydrogen-bond acceptors (Lipinski definition) is 8. The number of carbonyl (C=O) groups is 2. The zero-order valence-corrected chi connectivity index (χ0v) is 42.2. The van der Waals surface area contributed by atoms with E-state index in [1.165, 1.54) is 122 Å². The van der Waals surface area contributed by atoms with Crippen LogP contribution >= 0.6 is 7.82 Å². The average Bonchev–Trinajstić information content (AvgIpc) is 3.29. The molecule has 0 saturated carbocycles. The van der Waals surface area contributed by atoms with Crippen molar-refractivity contribution in [1.82, 2.24) is 0 Å². The molecule has 0 heterocycles. The van der Waals surface area contributed by atoms with Crippen LogP contribution in [-0.4, -0.2) is 60.5 Å². The number of carboxylic acid groups (broad SMARTS) is 1. The Morgan fingerprint density at radius 2 is 0.892 bits per heavy atom. The predicted octanol–water partition coefficient (Wildman–Crippen LogP) is 15.3. The maximum Gasteiger partial charge on any atom is 0.472 e. The van der Waals surface area contributed by atoms with E-state index < -0.39 is 45.1 Å². The number of ether oxygens (including phenoxy) is 2. The first-order valence-electron chi connectivity index (χ1n) is 26.0. The van der Waals surface area contributed by atoms with Gasteiger partial charge in [-0.1, -0.05) is 222 Å². The van der Waals surface area contributed by atoms with Crippen molar-refractivity contribution in [2.75, 3.05) is 26.4 Å². The molecule has 0 aliphatic rings. The van der Waals surface area contributed by atoms with Crippen molar-refractivity contribution >= 4 is 19.8 Å². The fraction of sp³-hybridized carbons (Fsp3) is 0.741. The smallest absolute Gasteiger partial charge is 0.472 e. The van der Waals surface area contributed by atoms with E-state index in [-0.39, 0.29) is 13.0 Å². The molecule has 0 aliphatic heterocycles.